The summed E-state index contributed by atoms with van der Waals surface area (Å²) in [6.45, 7) is 0. The average molecular weight is 292 g/mol. The van der Waals surface area contributed by atoms with Gasteiger partial charge in [0, 0.05) is 0 Å². The maximum absolute atomic E-state index is 9.77. The molecule has 0 aromatic carbocycles. The van der Waals surface area contributed by atoms with Crippen LogP contribution >= 0.6 is 0 Å². The van der Waals surface area contributed by atoms with Crippen LogP contribution in [-0.4, -0.2) is 66.7 Å². The minimum atomic E-state index is -2.27. The van der Waals surface area contributed by atoms with Crippen LogP contribution in [0.2, 0.25) is 0 Å². The Morgan fingerprint density at radius 2 is 0.947 bits per heavy atom. The summed E-state index contributed by atoms with van der Waals surface area (Å²) in [6.07, 6.45) is -5.13. The Labute approximate surface area is 130 Å². The molecule has 0 amide bonds. The number of aliphatic carboxylic acids is 4. The van der Waals surface area contributed by atoms with E-state index in [-0.39, 0.29) is 43.8 Å². The molecule has 0 aliphatic carbocycles. The Morgan fingerprint density at radius 1 is 0.737 bits per heavy atom. The van der Waals surface area contributed by atoms with Gasteiger partial charge < -0.3 is 32.1 Å². The fourth-order valence-corrected chi connectivity index (χ4v) is 0.484. The van der Waals surface area contributed by atoms with Gasteiger partial charge in [0.25, 0.3) is 0 Å². The molecule has 0 fully saturated rings. The number of rotatable bonds is 6. The zero-order chi connectivity index (χ0) is 14.9. The molecule has 0 radical (unpaired) electrons. The van der Waals surface area contributed by atoms with Crippen LogP contribution in [0.25, 0.3) is 0 Å². The van der Waals surface area contributed by atoms with Crippen LogP contribution in [-0.2, 0) is 19.2 Å². The van der Waals surface area contributed by atoms with E-state index in [2.05, 4.69) is 0 Å². The zero-order valence-electron chi connectivity index (χ0n) is 10.9. The molecule has 0 heterocycles. The van der Waals surface area contributed by atoms with Crippen molar-refractivity contribution in [1.29, 1.82) is 0 Å². The SMILES string of the molecule is O=C(O)C(O)C(O)C(=O)O.O=C(O)CCC(=O)O.[H-].[Na+]. The molecule has 19 heavy (non-hydrogen) atoms. The first-order valence-corrected chi connectivity index (χ1v) is 4.35. The van der Waals surface area contributed by atoms with Gasteiger partial charge in [-0.05, 0) is 0 Å². The molecule has 0 aliphatic heterocycles. The summed E-state index contributed by atoms with van der Waals surface area (Å²) in [7, 11) is 0. The molecule has 106 valence electrons. The molecule has 0 aliphatic rings. The summed E-state index contributed by atoms with van der Waals surface area (Å²) in [5.74, 6) is -5.69. The Balaban J connectivity index is -0.000000119. The molecule has 11 heteroatoms. The zero-order valence-corrected chi connectivity index (χ0v) is 11.9. The molecule has 2 atom stereocenters. The van der Waals surface area contributed by atoms with Gasteiger partial charge in [0.15, 0.2) is 12.2 Å². The van der Waals surface area contributed by atoms with Gasteiger partial charge >= 0.3 is 53.4 Å². The number of aliphatic hydroxyl groups is 2. The van der Waals surface area contributed by atoms with Crippen molar-refractivity contribution in [1.82, 2.24) is 0 Å². The van der Waals surface area contributed by atoms with Crippen molar-refractivity contribution in [3.05, 3.63) is 0 Å². The molecular weight excluding hydrogens is 279 g/mol. The van der Waals surface area contributed by atoms with Gasteiger partial charge in [0.1, 0.15) is 0 Å². The minimum absolute atomic E-state index is 0. The van der Waals surface area contributed by atoms with Crippen LogP contribution in [0.3, 0.4) is 0 Å². The van der Waals surface area contributed by atoms with Gasteiger partial charge in [-0.25, -0.2) is 9.59 Å². The molecule has 2 unspecified atom stereocenters. The Kier molecular flexibility index (Phi) is 14.3. The third-order valence-corrected chi connectivity index (χ3v) is 1.36. The molecule has 0 aromatic rings. The summed E-state index contributed by atoms with van der Waals surface area (Å²) in [5.41, 5.74) is 0. The van der Waals surface area contributed by atoms with Crippen LogP contribution in [0.4, 0.5) is 0 Å². The summed E-state index contributed by atoms with van der Waals surface area (Å²) in [6, 6.07) is 0. The normalized spacial score (nSPS) is 11.9. The minimum Gasteiger partial charge on any atom is -1.00 e. The Morgan fingerprint density at radius 3 is 1.05 bits per heavy atom. The number of carbonyl (C=O) groups is 4. The third-order valence-electron chi connectivity index (χ3n) is 1.36. The fraction of sp³-hybridized carbons (Fsp3) is 0.500. The second kappa shape index (κ2) is 11.9. The van der Waals surface area contributed by atoms with Crippen molar-refractivity contribution < 1.29 is 80.8 Å². The molecule has 6 N–H and O–H groups in total. The number of carboxylic acids is 4. The first-order valence-electron chi connectivity index (χ1n) is 4.35. The van der Waals surface area contributed by atoms with Crippen molar-refractivity contribution in [3.8, 4) is 0 Å². The number of hydrogen-bond acceptors (Lipinski definition) is 6. The van der Waals surface area contributed by atoms with Gasteiger partial charge in [0.2, 0.25) is 0 Å². The number of carboxylic acid groups (broad SMARTS) is 4. The molecular formula is C8H13NaO10. The van der Waals surface area contributed by atoms with E-state index in [1.807, 2.05) is 0 Å². The molecule has 0 aromatic heterocycles. The number of hydrogen-bond donors (Lipinski definition) is 6. The summed E-state index contributed by atoms with van der Waals surface area (Å²) >= 11 is 0. The van der Waals surface area contributed by atoms with E-state index in [0.29, 0.717) is 0 Å². The van der Waals surface area contributed by atoms with Gasteiger partial charge in [-0.1, -0.05) is 0 Å². The van der Waals surface area contributed by atoms with Crippen molar-refractivity contribution in [3.63, 3.8) is 0 Å². The Hall–Kier alpha value is -1.20. The van der Waals surface area contributed by atoms with Crippen molar-refractivity contribution in [2.24, 2.45) is 0 Å². The molecule has 0 saturated heterocycles. The topological polar surface area (TPSA) is 190 Å². The molecule has 0 saturated carbocycles. The van der Waals surface area contributed by atoms with Crippen LogP contribution < -0.4 is 29.6 Å². The average Bonchev–Trinajstić information content (AvgIpc) is 2.24. The van der Waals surface area contributed by atoms with Gasteiger partial charge in [-0.3, -0.25) is 9.59 Å². The predicted octanol–water partition coefficient (Wildman–Crippen LogP) is -5.07. The predicted molar refractivity (Wildman–Crippen MR) is 52.9 cm³/mol. The van der Waals surface area contributed by atoms with E-state index >= 15 is 0 Å². The van der Waals surface area contributed by atoms with Crippen LogP contribution in [0, 0.1) is 0 Å². The van der Waals surface area contributed by atoms with Gasteiger partial charge in [-0.15, -0.1) is 0 Å². The van der Waals surface area contributed by atoms with E-state index in [9.17, 15) is 19.2 Å². The number of aliphatic hydroxyl groups excluding tert-OH is 2. The van der Waals surface area contributed by atoms with Crippen LogP contribution in [0.1, 0.15) is 14.3 Å². The third kappa shape index (κ3) is 14.7. The van der Waals surface area contributed by atoms with Crippen molar-refractivity contribution >= 4 is 23.9 Å². The largest absolute Gasteiger partial charge is 1.00 e. The summed E-state index contributed by atoms with van der Waals surface area (Å²) in [4.78, 5) is 38.8. The van der Waals surface area contributed by atoms with Gasteiger partial charge in [-0.2, -0.15) is 0 Å². The second-order valence-electron chi connectivity index (χ2n) is 2.85. The Bertz CT molecular complexity index is 301. The van der Waals surface area contributed by atoms with E-state index in [0.717, 1.165) is 0 Å². The summed E-state index contributed by atoms with van der Waals surface area (Å²) in [5, 5.41) is 48.3. The quantitative estimate of drug-likeness (QED) is 0.258. The summed E-state index contributed by atoms with van der Waals surface area (Å²) < 4.78 is 0. The van der Waals surface area contributed by atoms with Crippen LogP contribution in [0.5, 0.6) is 0 Å². The van der Waals surface area contributed by atoms with E-state index in [1.165, 1.54) is 0 Å². The molecule has 10 nitrogen and oxygen atoms in total. The van der Waals surface area contributed by atoms with Crippen LogP contribution in [0.15, 0.2) is 0 Å². The van der Waals surface area contributed by atoms with E-state index in [1.54, 1.807) is 0 Å². The van der Waals surface area contributed by atoms with Gasteiger partial charge in [0.05, 0.1) is 12.8 Å². The smallest absolute Gasteiger partial charge is 1.00 e. The van der Waals surface area contributed by atoms with E-state index < -0.39 is 36.1 Å². The maximum atomic E-state index is 9.77. The van der Waals surface area contributed by atoms with E-state index in [4.69, 9.17) is 30.6 Å². The molecule has 0 bridgehead atoms. The second-order valence-corrected chi connectivity index (χ2v) is 2.85. The monoisotopic (exact) mass is 292 g/mol. The molecule has 0 spiro atoms. The first kappa shape index (κ1) is 22.9. The van der Waals surface area contributed by atoms with Crippen molar-refractivity contribution in [2.75, 3.05) is 0 Å². The van der Waals surface area contributed by atoms with Crippen molar-refractivity contribution in [2.45, 2.75) is 25.0 Å². The standard InChI is InChI=1S/C4H6O6.C4H6O4.Na.H/c5-1(3(7)8)2(6)4(9)10;5-3(6)1-2-4(7)8;;/h1-2,5-6H,(H,7,8)(H,9,10);1-2H2,(H,5,6)(H,7,8);;/q;;+1;-1. The fourth-order valence-electron chi connectivity index (χ4n) is 0.484. The molecule has 0 rings (SSSR count). The maximum Gasteiger partial charge on any atom is 1.00 e. The first-order chi connectivity index (χ1) is 8.09.